The van der Waals surface area contributed by atoms with Crippen LogP contribution in [0.1, 0.15) is 122 Å². The first-order chi connectivity index (χ1) is 12.5. The SMILES string of the molecule is CCCCCCCCCCCCCCCCCCCC(CN)S(=O)(=O)O.[NaH]. The maximum atomic E-state index is 11.0. The molecule has 4 nitrogen and oxygen atoms in total. The van der Waals surface area contributed by atoms with Crippen LogP contribution < -0.4 is 5.73 Å². The van der Waals surface area contributed by atoms with Crippen molar-refractivity contribution in [1.82, 2.24) is 0 Å². The van der Waals surface area contributed by atoms with Gasteiger partial charge in [0, 0.05) is 6.54 Å². The van der Waals surface area contributed by atoms with E-state index in [1.54, 1.807) is 0 Å². The van der Waals surface area contributed by atoms with E-state index in [-0.39, 0.29) is 36.1 Å². The summed E-state index contributed by atoms with van der Waals surface area (Å²) in [4.78, 5) is 0. The molecule has 0 radical (unpaired) electrons. The molecule has 0 aromatic carbocycles. The summed E-state index contributed by atoms with van der Waals surface area (Å²) in [5, 5.41) is -0.779. The van der Waals surface area contributed by atoms with E-state index in [0.29, 0.717) is 6.42 Å². The molecular formula is C21H46NNaO3S. The van der Waals surface area contributed by atoms with Gasteiger partial charge >= 0.3 is 29.6 Å². The van der Waals surface area contributed by atoms with Crippen molar-refractivity contribution in [1.29, 1.82) is 0 Å². The van der Waals surface area contributed by atoms with Gasteiger partial charge in [-0.1, -0.05) is 116 Å². The van der Waals surface area contributed by atoms with Crippen LogP contribution in [-0.4, -0.2) is 54.3 Å². The van der Waals surface area contributed by atoms with Crippen molar-refractivity contribution in [2.45, 2.75) is 128 Å². The fourth-order valence-corrected chi connectivity index (χ4v) is 4.19. The molecule has 0 aromatic heterocycles. The van der Waals surface area contributed by atoms with E-state index in [1.807, 2.05) is 0 Å². The maximum absolute atomic E-state index is 11.0. The van der Waals surface area contributed by atoms with Crippen molar-refractivity contribution in [3.8, 4) is 0 Å². The van der Waals surface area contributed by atoms with Crippen LogP contribution in [0.2, 0.25) is 0 Å². The molecule has 0 aromatic rings. The molecule has 0 spiro atoms. The van der Waals surface area contributed by atoms with Crippen molar-refractivity contribution < 1.29 is 13.0 Å². The standard InChI is InChI=1S/C21H45NO3S.Na.H/c1-2-3-4-5-6-7-8-9-10-11-12-13-14-15-16-17-18-19-21(20-22)26(23,24)25;;/h21H,2-20,22H2,1H3,(H,23,24,25);;. The van der Waals surface area contributed by atoms with E-state index in [1.165, 1.54) is 89.9 Å². The van der Waals surface area contributed by atoms with Crippen molar-refractivity contribution >= 4 is 39.7 Å². The van der Waals surface area contributed by atoms with Gasteiger partial charge in [0.15, 0.2) is 0 Å². The molecular weight excluding hydrogens is 369 g/mol. The third-order valence-electron chi connectivity index (χ3n) is 5.31. The minimum atomic E-state index is -3.96. The Morgan fingerprint density at radius 2 is 0.963 bits per heavy atom. The van der Waals surface area contributed by atoms with Crippen LogP contribution in [0.25, 0.3) is 0 Å². The van der Waals surface area contributed by atoms with Gasteiger partial charge in [-0.2, -0.15) is 8.42 Å². The predicted octanol–water partition coefficient (Wildman–Crippen LogP) is 5.59. The molecule has 1 atom stereocenters. The molecule has 0 saturated carbocycles. The van der Waals surface area contributed by atoms with Crippen LogP contribution >= 0.6 is 0 Å². The molecule has 3 N–H and O–H groups in total. The quantitative estimate of drug-likeness (QED) is 0.154. The van der Waals surface area contributed by atoms with Crippen molar-refractivity contribution in [2.24, 2.45) is 5.73 Å². The molecule has 0 aliphatic rings. The summed E-state index contributed by atoms with van der Waals surface area (Å²) >= 11 is 0. The van der Waals surface area contributed by atoms with E-state index >= 15 is 0 Å². The Labute approximate surface area is 191 Å². The Morgan fingerprint density at radius 1 is 0.667 bits per heavy atom. The van der Waals surface area contributed by atoms with Gasteiger partial charge in [-0.15, -0.1) is 0 Å². The fourth-order valence-electron chi connectivity index (χ4n) is 3.49. The van der Waals surface area contributed by atoms with Crippen molar-refractivity contribution in [3.63, 3.8) is 0 Å². The molecule has 0 aliphatic carbocycles. The van der Waals surface area contributed by atoms with Crippen LogP contribution in [0.4, 0.5) is 0 Å². The average Bonchev–Trinajstić information content (AvgIpc) is 2.59. The molecule has 160 valence electrons. The third kappa shape index (κ3) is 21.4. The Bertz CT molecular complexity index is 391. The molecule has 0 fully saturated rings. The number of hydrogen-bond acceptors (Lipinski definition) is 3. The molecule has 1 unspecified atom stereocenters. The van der Waals surface area contributed by atoms with E-state index < -0.39 is 15.4 Å². The molecule has 0 saturated heterocycles. The van der Waals surface area contributed by atoms with Gasteiger partial charge in [0.1, 0.15) is 0 Å². The predicted molar refractivity (Wildman–Crippen MR) is 120 cm³/mol. The molecule has 0 amide bonds. The zero-order valence-corrected chi connectivity index (χ0v) is 18.1. The summed E-state index contributed by atoms with van der Waals surface area (Å²) in [5.41, 5.74) is 5.39. The summed E-state index contributed by atoms with van der Waals surface area (Å²) < 4.78 is 31.1. The van der Waals surface area contributed by atoms with E-state index in [0.717, 1.165) is 19.3 Å². The van der Waals surface area contributed by atoms with Gasteiger partial charge in [0.25, 0.3) is 10.1 Å². The van der Waals surface area contributed by atoms with Crippen LogP contribution in [-0.2, 0) is 10.1 Å². The molecule has 0 bridgehead atoms. The first kappa shape index (κ1) is 30.1. The fraction of sp³-hybridized carbons (Fsp3) is 1.00. The Morgan fingerprint density at radius 3 is 1.22 bits per heavy atom. The summed E-state index contributed by atoms with van der Waals surface area (Å²) in [7, 11) is -3.96. The van der Waals surface area contributed by atoms with Crippen LogP contribution in [0.3, 0.4) is 0 Å². The average molecular weight is 416 g/mol. The molecule has 0 rings (SSSR count). The van der Waals surface area contributed by atoms with E-state index in [9.17, 15) is 8.42 Å². The zero-order chi connectivity index (χ0) is 19.5. The first-order valence-electron chi connectivity index (χ1n) is 11.2. The molecule has 6 heteroatoms. The van der Waals surface area contributed by atoms with E-state index in [2.05, 4.69) is 6.92 Å². The van der Waals surface area contributed by atoms with Crippen LogP contribution in [0, 0.1) is 0 Å². The molecule has 27 heavy (non-hydrogen) atoms. The zero-order valence-electron chi connectivity index (χ0n) is 17.3. The minimum absolute atomic E-state index is 0. The van der Waals surface area contributed by atoms with Gasteiger partial charge in [-0.05, 0) is 6.42 Å². The number of hydrogen-bond donors (Lipinski definition) is 2. The second-order valence-electron chi connectivity index (χ2n) is 7.82. The Kier molecular flexibility index (Phi) is 24.0. The second-order valence-corrected chi connectivity index (χ2v) is 9.51. The van der Waals surface area contributed by atoms with Gasteiger partial charge in [0.2, 0.25) is 0 Å². The molecule has 0 heterocycles. The summed E-state index contributed by atoms with van der Waals surface area (Å²) in [6, 6.07) is 0. The summed E-state index contributed by atoms with van der Waals surface area (Å²) in [6.45, 7) is 2.28. The van der Waals surface area contributed by atoms with Crippen LogP contribution in [0.15, 0.2) is 0 Å². The first-order valence-corrected chi connectivity index (χ1v) is 12.7. The Balaban J connectivity index is 0. The summed E-state index contributed by atoms with van der Waals surface area (Å²) in [5.74, 6) is 0. The number of nitrogens with two attached hydrogens (primary N) is 1. The number of unbranched alkanes of at least 4 members (excludes halogenated alkanes) is 16. The topological polar surface area (TPSA) is 80.4 Å². The van der Waals surface area contributed by atoms with Gasteiger partial charge in [-0.3, -0.25) is 4.55 Å². The number of rotatable bonds is 20. The van der Waals surface area contributed by atoms with Crippen molar-refractivity contribution in [2.75, 3.05) is 6.54 Å². The van der Waals surface area contributed by atoms with Crippen molar-refractivity contribution in [3.05, 3.63) is 0 Å². The normalized spacial score (nSPS) is 12.7. The van der Waals surface area contributed by atoms with E-state index in [4.69, 9.17) is 10.3 Å². The third-order valence-corrected chi connectivity index (χ3v) is 6.58. The van der Waals surface area contributed by atoms with Gasteiger partial charge in [0.05, 0.1) is 5.25 Å². The Hall–Kier alpha value is 0.870. The monoisotopic (exact) mass is 415 g/mol. The van der Waals surface area contributed by atoms with Crippen LogP contribution in [0.5, 0.6) is 0 Å². The molecule has 0 aliphatic heterocycles. The summed E-state index contributed by atoms with van der Waals surface area (Å²) in [6.07, 6.45) is 22.7. The second kappa shape index (κ2) is 21.6. The van der Waals surface area contributed by atoms with Gasteiger partial charge in [-0.25, -0.2) is 0 Å². The van der Waals surface area contributed by atoms with Gasteiger partial charge < -0.3 is 5.73 Å².